The fourth-order valence-corrected chi connectivity index (χ4v) is 32.6. The number of hydrogen-bond donors (Lipinski definition) is 0. The van der Waals surface area contributed by atoms with E-state index in [-0.39, 0.29) is 24.8 Å². The number of fused-ring (bicyclic) bond motifs is 3. The summed E-state index contributed by atoms with van der Waals surface area (Å²) in [5.74, 6) is 0. The molecule has 1 heterocycles. The molecule has 4 aliphatic rings. The predicted octanol–water partition coefficient (Wildman–Crippen LogP) is 4.96. The van der Waals surface area contributed by atoms with Crippen LogP contribution in [0.15, 0.2) is 108 Å². The molecule has 0 spiro atoms. The first kappa shape index (κ1) is 28.9. The van der Waals surface area contributed by atoms with E-state index in [1.54, 1.807) is 22.3 Å². The number of allylic oxidation sites excluding steroid dienone is 2. The van der Waals surface area contributed by atoms with Crippen LogP contribution in [0.2, 0.25) is 7.25 Å². The van der Waals surface area contributed by atoms with Crippen LogP contribution in [0.4, 0.5) is 0 Å². The molecule has 0 aromatic heterocycles. The minimum atomic E-state index is -2.86. The van der Waals surface area contributed by atoms with Crippen molar-refractivity contribution in [1.29, 1.82) is 0 Å². The third-order valence-electron chi connectivity index (χ3n) is 10.7. The standard InChI is InChI=1S/2C16H13.C6H10.2ClH.Zr/c2*1-12-10-14-8-5-9-15(16(14)11-12)13-6-3-2-4-7-13;1-2-4-6-5-3-1;;;/h2*2-11H,1H3;1-2H,3-6H2;2*1H;/q;;;;;+2/p-2. The number of benzene rings is 4. The molecule has 1 saturated carbocycles. The Bertz CT molecular complexity index is 1530. The fourth-order valence-electron chi connectivity index (χ4n) is 9.41. The summed E-state index contributed by atoms with van der Waals surface area (Å²) < 4.78 is 3.44. The zero-order chi connectivity index (χ0) is 26.1. The number of hydrogen-bond acceptors (Lipinski definition) is 0. The van der Waals surface area contributed by atoms with Crippen molar-refractivity contribution in [1.82, 2.24) is 0 Å². The van der Waals surface area contributed by atoms with Crippen molar-refractivity contribution in [2.45, 2.75) is 54.0 Å². The molecular formula is C38H36Cl2Zr. The number of rotatable bonds is 4. The normalized spacial score (nSPS) is 25.3. The second-order valence-electron chi connectivity index (χ2n) is 12.5. The van der Waals surface area contributed by atoms with Crippen molar-refractivity contribution < 1.29 is 45.1 Å². The van der Waals surface area contributed by atoms with Gasteiger partial charge >= 0.3 is 239 Å². The zero-order valence-electron chi connectivity index (χ0n) is 23.8. The van der Waals surface area contributed by atoms with Gasteiger partial charge in [0.15, 0.2) is 0 Å². The van der Waals surface area contributed by atoms with Crippen molar-refractivity contribution in [3.8, 4) is 22.3 Å². The second-order valence-corrected chi connectivity index (χ2v) is 23.9. The first-order chi connectivity index (χ1) is 19.2. The van der Waals surface area contributed by atoms with E-state index < -0.39 is 20.3 Å². The minimum absolute atomic E-state index is 0. The first-order valence-electron chi connectivity index (χ1n) is 14.9. The molecule has 1 aliphatic heterocycles. The summed E-state index contributed by atoms with van der Waals surface area (Å²) in [5, 5.41) is 0. The van der Waals surface area contributed by atoms with Crippen molar-refractivity contribution in [3.63, 3.8) is 0 Å². The molecule has 0 N–H and O–H groups in total. The van der Waals surface area contributed by atoms with E-state index in [1.807, 2.05) is 0 Å². The molecule has 8 rings (SSSR count). The Morgan fingerprint density at radius 2 is 0.927 bits per heavy atom. The summed E-state index contributed by atoms with van der Waals surface area (Å²) in [6, 6.07) is 36.6. The molecule has 2 fully saturated rings. The van der Waals surface area contributed by atoms with Gasteiger partial charge in [0, 0.05) is 0 Å². The maximum absolute atomic E-state index is 2.86. The van der Waals surface area contributed by atoms with E-state index in [4.69, 9.17) is 0 Å². The largest absolute Gasteiger partial charge is 1.00 e. The summed E-state index contributed by atoms with van der Waals surface area (Å²) in [7, 11) is 0. The second kappa shape index (κ2) is 11.1. The van der Waals surface area contributed by atoms with Crippen molar-refractivity contribution in [2.24, 2.45) is 0 Å². The van der Waals surface area contributed by atoms with Gasteiger partial charge in [0.1, 0.15) is 0 Å². The summed E-state index contributed by atoms with van der Waals surface area (Å²) in [6.45, 7) is 4.97. The summed E-state index contributed by atoms with van der Waals surface area (Å²) in [4.78, 5) is 0. The van der Waals surface area contributed by atoms with Crippen LogP contribution >= 0.6 is 0 Å². The van der Waals surface area contributed by atoms with Crippen LogP contribution in [0.25, 0.3) is 34.4 Å². The Hall–Kier alpha value is -2.18. The Morgan fingerprint density at radius 3 is 1.34 bits per heavy atom. The van der Waals surface area contributed by atoms with Gasteiger partial charge in [-0.05, 0) is 0 Å². The van der Waals surface area contributed by atoms with Crippen LogP contribution < -0.4 is 24.8 Å². The molecular weight excluding hydrogens is 619 g/mol. The molecule has 4 atom stereocenters. The maximum Gasteiger partial charge on any atom is -1.00 e. The van der Waals surface area contributed by atoms with Crippen molar-refractivity contribution >= 4 is 12.2 Å². The molecule has 3 heteroatoms. The molecule has 0 bridgehead atoms. The average molecular weight is 655 g/mol. The fraction of sp³-hybridized carbons (Fsp3) is 0.263. The van der Waals surface area contributed by atoms with Gasteiger partial charge in [-0.1, -0.05) is 0 Å². The molecule has 0 amide bonds. The van der Waals surface area contributed by atoms with Gasteiger partial charge in [0.2, 0.25) is 0 Å². The van der Waals surface area contributed by atoms with Crippen molar-refractivity contribution in [2.75, 3.05) is 0 Å². The van der Waals surface area contributed by atoms with E-state index >= 15 is 0 Å². The van der Waals surface area contributed by atoms with E-state index in [2.05, 4.69) is 123 Å². The van der Waals surface area contributed by atoms with Gasteiger partial charge in [-0.3, -0.25) is 0 Å². The molecule has 0 nitrogen and oxygen atoms in total. The molecule has 4 aromatic carbocycles. The third kappa shape index (κ3) is 4.25. The molecule has 41 heavy (non-hydrogen) atoms. The number of halogens is 2. The molecule has 0 radical (unpaired) electrons. The topological polar surface area (TPSA) is 0 Å². The Kier molecular flexibility index (Phi) is 7.86. The van der Waals surface area contributed by atoms with Gasteiger partial charge in [0.05, 0.1) is 0 Å². The Morgan fingerprint density at radius 1 is 0.512 bits per heavy atom. The quantitative estimate of drug-likeness (QED) is 0.292. The van der Waals surface area contributed by atoms with Crippen LogP contribution in [0.3, 0.4) is 0 Å². The molecule has 4 unspecified atom stereocenters. The maximum atomic E-state index is 2.60. The van der Waals surface area contributed by atoms with E-state index in [0.717, 1.165) is 7.25 Å². The molecule has 3 aliphatic carbocycles. The van der Waals surface area contributed by atoms with Gasteiger partial charge in [-0.2, -0.15) is 0 Å². The summed E-state index contributed by atoms with van der Waals surface area (Å²) >= 11 is -2.86. The van der Waals surface area contributed by atoms with Crippen LogP contribution in [-0.2, 0) is 20.3 Å². The molecule has 206 valence electrons. The van der Waals surface area contributed by atoms with Crippen molar-refractivity contribution in [3.05, 3.63) is 130 Å². The molecule has 1 saturated heterocycles. The van der Waals surface area contributed by atoms with Gasteiger partial charge in [-0.25, -0.2) is 0 Å². The van der Waals surface area contributed by atoms with Gasteiger partial charge in [-0.15, -0.1) is 0 Å². The summed E-state index contributed by atoms with van der Waals surface area (Å²) in [5.41, 5.74) is 15.2. The van der Waals surface area contributed by atoms with Gasteiger partial charge < -0.3 is 24.8 Å². The van der Waals surface area contributed by atoms with Crippen LogP contribution in [0.5, 0.6) is 0 Å². The SMILES string of the molecule is CC1=Cc2c(-c3ccccc3)cccc2[CH]1[Zr+2]1([CH]2C(C)=Cc3c(-c4ccccc4)cccc32)[CH]2CCCC[CH]21.[Cl-].[Cl-]. The van der Waals surface area contributed by atoms with Gasteiger partial charge in [0.25, 0.3) is 0 Å². The van der Waals surface area contributed by atoms with Crippen LogP contribution in [0.1, 0.15) is 69.0 Å². The first-order valence-corrected chi connectivity index (χ1v) is 20.6. The smallest absolute Gasteiger partial charge is 1.00 e. The van der Waals surface area contributed by atoms with E-state index in [9.17, 15) is 0 Å². The third-order valence-corrected chi connectivity index (χ3v) is 28.1. The zero-order valence-corrected chi connectivity index (χ0v) is 27.8. The van der Waals surface area contributed by atoms with Crippen LogP contribution in [-0.4, -0.2) is 0 Å². The van der Waals surface area contributed by atoms with E-state index in [0.29, 0.717) is 7.25 Å². The average Bonchev–Trinajstić information content (AvgIpc) is 3.29. The summed E-state index contributed by atoms with van der Waals surface area (Å²) in [6.07, 6.45) is 11.0. The monoisotopic (exact) mass is 652 g/mol. The minimum Gasteiger partial charge on any atom is -1.00 e. The Balaban J connectivity index is 0.00000151. The molecule has 4 aromatic rings. The Labute approximate surface area is 262 Å². The van der Waals surface area contributed by atoms with Crippen LogP contribution in [0, 0.1) is 0 Å². The van der Waals surface area contributed by atoms with E-state index in [1.165, 1.54) is 59.1 Å². The predicted molar refractivity (Wildman–Crippen MR) is 163 cm³/mol.